The van der Waals surface area contributed by atoms with Crippen molar-refractivity contribution in [1.29, 1.82) is 0 Å². The van der Waals surface area contributed by atoms with Crippen LogP contribution in [0.15, 0.2) is 61.6 Å². The molecule has 0 spiro atoms. The molecular weight excluding hydrogens is 458 g/mol. The number of fused-ring (bicyclic) bond motifs is 1. The van der Waals surface area contributed by atoms with E-state index in [1.807, 2.05) is 49.9 Å². The second kappa shape index (κ2) is 8.47. The topological polar surface area (TPSA) is 149 Å². The van der Waals surface area contributed by atoms with Crippen molar-refractivity contribution in [2.45, 2.75) is 6.54 Å². The van der Waals surface area contributed by atoms with Gasteiger partial charge in [0.1, 0.15) is 18.5 Å². The number of hydrogen-bond acceptors (Lipinski definition) is 9. The van der Waals surface area contributed by atoms with Crippen molar-refractivity contribution in [2.24, 2.45) is 7.05 Å². The van der Waals surface area contributed by atoms with Gasteiger partial charge in [-0.15, -0.1) is 10.2 Å². The number of sulfonamides is 1. The van der Waals surface area contributed by atoms with Crippen molar-refractivity contribution in [3.8, 4) is 11.1 Å². The van der Waals surface area contributed by atoms with Gasteiger partial charge in [-0.3, -0.25) is 4.68 Å². The Bertz CT molecular complexity index is 1570. The average Bonchev–Trinajstić information content (AvgIpc) is 3.53. The fourth-order valence-electron chi connectivity index (χ4n) is 3.46. The van der Waals surface area contributed by atoms with Crippen LogP contribution in [0.4, 0.5) is 11.8 Å². The maximum atomic E-state index is 11.6. The van der Waals surface area contributed by atoms with Gasteiger partial charge in [-0.05, 0) is 23.3 Å². The second-order valence-electron chi connectivity index (χ2n) is 7.60. The largest absolute Gasteiger partial charge is 0.320 e. The molecule has 13 nitrogen and oxygen atoms in total. The zero-order chi connectivity index (χ0) is 23.7. The lowest BCUT2D eigenvalue weighted by molar-refractivity contribution is 0.601. The minimum atomic E-state index is -3.51. The van der Waals surface area contributed by atoms with Gasteiger partial charge in [-0.2, -0.15) is 9.77 Å². The molecule has 0 aliphatic carbocycles. The van der Waals surface area contributed by atoms with E-state index in [0.29, 0.717) is 23.4 Å². The van der Waals surface area contributed by atoms with Crippen LogP contribution in [-0.4, -0.2) is 54.0 Å². The number of hydrogen-bond donors (Lipinski definition) is 3. The van der Waals surface area contributed by atoms with Crippen LogP contribution in [0.1, 0.15) is 5.56 Å². The molecule has 5 rings (SSSR count). The summed E-state index contributed by atoms with van der Waals surface area (Å²) in [6.07, 6.45) is 9.35. The zero-order valence-electron chi connectivity index (χ0n) is 18.3. The standard InChI is InChI=1S/C20H21N11O2S/c1-29-11-16(10-24-29)15-5-3-4-14(8-15)9-25-30-7-6-17-18(21-12-22-19(17)30)26-20-27-23-13-31(20)28-34(2,32)33/h3-8,10-13,25,28H,9H2,1-2H3,(H,21,22,26,27). The quantitative estimate of drug-likeness (QED) is 0.300. The maximum Gasteiger partial charge on any atom is 0.249 e. The van der Waals surface area contributed by atoms with E-state index in [9.17, 15) is 8.42 Å². The van der Waals surface area contributed by atoms with Gasteiger partial charge in [0, 0.05) is 25.0 Å². The van der Waals surface area contributed by atoms with Crippen LogP contribution < -0.4 is 15.6 Å². The van der Waals surface area contributed by atoms with Crippen molar-refractivity contribution < 1.29 is 8.42 Å². The van der Waals surface area contributed by atoms with Gasteiger partial charge in [0.2, 0.25) is 16.0 Å². The summed E-state index contributed by atoms with van der Waals surface area (Å²) in [6, 6.07) is 10.1. The maximum absolute atomic E-state index is 11.6. The number of rotatable bonds is 8. The summed E-state index contributed by atoms with van der Waals surface area (Å²) in [4.78, 5) is 10.9. The summed E-state index contributed by atoms with van der Waals surface area (Å²) in [5, 5.41) is 15.6. The Morgan fingerprint density at radius 1 is 1.09 bits per heavy atom. The van der Waals surface area contributed by atoms with Crippen molar-refractivity contribution >= 4 is 32.8 Å². The van der Waals surface area contributed by atoms with Crippen LogP contribution in [0, 0.1) is 0 Å². The Morgan fingerprint density at radius 3 is 2.76 bits per heavy atom. The molecule has 5 aromatic rings. The molecule has 4 aromatic heterocycles. The first-order valence-electron chi connectivity index (χ1n) is 10.1. The minimum absolute atomic E-state index is 0.165. The molecule has 174 valence electrons. The molecular formula is C20H21N11O2S. The van der Waals surface area contributed by atoms with Crippen LogP contribution >= 0.6 is 0 Å². The highest BCUT2D eigenvalue weighted by Crippen LogP contribution is 2.23. The molecule has 14 heteroatoms. The third kappa shape index (κ3) is 4.52. The van der Waals surface area contributed by atoms with Crippen LogP contribution in [0.3, 0.4) is 0 Å². The van der Waals surface area contributed by atoms with Gasteiger partial charge in [0.25, 0.3) is 0 Å². The third-order valence-corrected chi connectivity index (χ3v) is 5.47. The number of anilines is 2. The van der Waals surface area contributed by atoms with Gasteiger partial charge >= 0.3 is 0 Å². The normalized spacial score (nSPS) is 11.6. The molecule has 0 aliphatic heterocycles. The van der Waals surface area contributed by atoms with E-state index in [1.165, 1.54) is 12.7 Å². The second-order valence-corrected chi connectivity index (χ2v) is 9.32. The highest BCUT2D eigenvalue weighted by Gasteiger charge is 2.13. The summed E-state index contributed by atoms with van der Waals surface area (Å²) in [7, 11) is -1.62. The lowest BCUT2D eigenvalue weighted by atomic mass is 10.1. The molecule has 0 amide bonds. The SMILES string of the molecule is Cn1cc(-c2cccc(CNn3ccc4c(Nc5nncn5NS(C)(=O)=O)ncnc43)c2)cn1. The molecule has 0 saturated heterocycles. The van der Waals surface area contributed by atoms with Gasteiger partial charge in [0.15, 0.2) is 5.65 Å². The number of aryl methyl sites for hydroxylation is 1. The highest BCUT2D eigenvalue weighted by atomic mass is 32.2. The molecule has 0 unspecified atom stereocenters. The first-order valence-corrected chi connectivity index (χ1v) is 12.0. The number of nitrogens with zero attached hydrogens (tertiary/aromatic N) is 8. The van der Waals surface area contributed by atoms with Crippen LogP contribution in [0.25, 0.3) is 22.2 Å². The molecule has 0 saturated carbocycles. The average molecular weight is 480 g/mol. The highest BCUT2D eigenvalue weighted by molar-refractivity contribution is 7.91. The third-order valence-electron chi connectivity index (χ3n) is 4.94. The van der Waals surface area contributed by atoms with Crippen molar-refractivity contribution in [2.75, 3.05) is 21.8 Å². The molecule has 0 radical (unpaired) electrons. The van der Waals surface area contributed by atoms with Crippen molar-refractivity contribution in [1.82, 2.24) is 39.3 Å². The first kappa shape index (κ1) is 21.4. The predicted octanol–water partition coefficient (Wildman–Crippen LogP) is 1.41. The monoisotopic (exact) mass is 479 g/mol. The van der Waals surface area contributed by atoms with Crippen LogP contribution in [0.2, 0.25) is 0 Å². The summed E-state index contributed by atoms with van der Waals surface area (Å²) in [5.41, 5.74) is 7.23. The van der Waals surface area contributed by atoms with Crippen molar-refractivity contribution in [3.63, 3.8) is 0 Å². The number of nitrogens with one attached hydrogen (secondary N) is 3. The van der Waals surface area contributed by atoms with Crippen molar-refractivity contribution in [3.05, 3.63) is 67.1 Å². The van der Waals surface area contributed by atoms with E-state index in [1.54, 1.807) is 9.36 Å². The van der Waals surface area contributed by atoms with Crippen LogP contribution in [0.5, 0.6) is 0 Å². The van der Waals surface area contributed by atoms with Gasteiger partial charge < -0.3 is 10.7 Å². The van der Waals surface area contributed by atoms with E-state index >= 15 is 0 Å². The fraction of sp³-hybridized carbons (Fsp3) is 0.150. The molecule has 4 heterocycles. The summed E-state index contributed by atoms with van der Waals surface area (Å²) in [6.45, 7) is 0.567. The molecule has 34 heavy (non-hydrogen) atoms. The van der Waals surface area contributed by atoms with E-state index in [-0.39, 0.29) is 5.95 Å². The Kier molecular flexibility index (Phi) is 5.33. The molecule has 1 aromatic carbocycles. The number of aromatic nitrogens is 8. The van der Waals surface area contributed by atoms with Gasteiger partial charge in [0.05, 0.1) is 24.4 Å². The zero-order valence-corrected chi connectivity index (χ0v) is 19.1. The molecule has 0 bridgehead atoms. The Hall–Kier alpha value is -4.46. The summed E-state index contributed by atoms with van der Waals surface area (Å²) >= 11 is 0. The molecule has 3 N–H and O–H groups in total. The summed E-state index contributed by atoms with van der Waals surface area (Å²) in [5.74, 6) is 0.618. The lowest BCUT2D eigenvalue weighted by Gasteiger charge is -2.11. The Balaban J connectivity index is 1.35. The van der Waals surface area contributed by atoms with Gasteiger partial charge in [-0.1, -0.05) is 18.2 Å². The lowest BCUT2D eigenvalue weighted by Crippen LogP contribution is -2.22. The Labute approximate surface area is 194 Å². The Morgan fingerprint density at radius 2 is 1.97 bits per heavy atom. The van der Waals surface area contributed by atoms with Gasteiger partial charge in [-0.25, -0.2) is 27.9 Å². The van der Waals surface area contributed by atoms with E-state index in [0.717, 1.165) is 27.6 Å². The molecule has 0 aliphatic rings. The molecule has 0 atom stereocenters. The minimum Gasteiger partial charge on any atom is -0.320 e. The van der Waals surface area contributed by atoms with E-state index < -0.39 is 10.0 Å². The summed E-state index contributed by atoms with van der Waals surface area (Å²) < 4.78 is 27.8. The first-order chi connectivity index (χ1) is 16.4. The van der Waals surface area contributed by atoms with E-state index in [2.05, 4.69) is 46.9 Å². The van der Waals surface area contributed by atoms with E-state index in [4.69, 9.17) is 0 Å². The fourth-order valence-corrected chi connectivity index (χ4v) is 3.95. The molecule has 0 fully saturated rings. The van der Waals surface area contributed by atoms with Crippen LogP contribution in [-0.2, 0) is 23.6 Å². The predicted molar refractivity (Wildman–Crippen MR) is 127 cm³/mol. The number of benzene rings is 1. The smallest absolute Gasteiger partial charge is 0.249 e.